The van der Waals surface area contributed by atoms with Crippen molar-refractivity contribution >= 4 is 17.4 Å². The van der Waals surface area contributed by atoms with Gasteiger partial charge >= 0.3 is 0 Å². The van der Waals surface area contributed by atoms with Crippen LogP contribution in [0, 0.1) is 0 Å². The predicted molar refractivity (Wildman–Crippen MR) is 131 cm³/mol. The number of hydrogen-bond acceptors (Lipinski definition) is 7. The van der Waals surface area contributed by atoms with Crippen LogP contribution >= 0.6 is 0 Å². The van der Waals surface area contributed by atoms with Gasteiger partial charge in [0.25, 0.3) is 11.7 Å². The van der Waals surface area contributed by atoms with Crippen LogP contribution in [-0.4, -0.2) is 77.7 Å². The summed E-state index contributed by atoms with van der Waals surface area (Å²) in [6, 6.07) is 12.5. The van der Waals surface area contributed by atoms with Crippen LogP contribution in [0.3, 0.4) is 0 Å². The molecule has 2 aliphatic heterocycles. The third kappa shape index (κ3) is 5.66. The number of likely N-dealkylation sites (tertiary alicyclic amines) is 1. The molecule has 2 fully saturated rings. The molecular formula is C27H32N2O6. The number of ketones is 1. The Labute approximate surface area is 205 Å². The van der Waals surface area contributed by atoms with Crippen LogP contribution in [0.1, 0.15) is 36.9 Å². The summed E-state index contributed by atoms with van der Waals surface area (Å²) in [6.07, 6.45) is 1.51. The Morgan fingerprint density at radius 3 is 2.60 bits per heavy atom. The van der Waals surface area contributed by atoms with Crippen molar-refractivity contribution in [1.82, 2.24) is 9.80 Å². The fourth-order valence-electron chi connectivity index (χ4n) is 4.55. The number of aliphatic hydroxyl groups excluding tert-OH is 1. The number of carbonyl (C=O) groups is 2. The average molecular weight is 481 g/mol. The van der Waals surface area contributed by atoms with Gasteiger partial charge in [-0.1, -0.05) is 31.2 Å². The molecule has 4 rings (SSSR count). The van der Waals surface area contributed by atoms with Crippen LogP contribution in [0.15, 0.2) is 54.1 Å². The molecule has 2 aromatic carbocycles. The first-order chi connectivity index (χ1) is 17.0. The molecule has 2 aliphatic rings. The van der Waals surface area contributed by atoms with Gasteiger partial charge in [0.2, 0.25) is 0 Å². The van der Waals surface area contributed by atoms with E-state index in [1.54, 1.807) is 36.4 Å². The number of benzene rings is 2. The van der Waals surface area contributed by atoms with Crippen molar-refractivity contribution in [2.24, 2.45) is 0 Å². The molecule has 1 unspecified atom stereocenters. The highest BCUT2D eigenvalue weighted by molar-refractivity contribution is 6.46. The molecule has 0 aromatic heterocycles. The maximum atomic E-state index is 13.2. The zero-order chi connectivity index (χ0) is 24.8. The molecule has 8 nitrogen and oxygen atoms in total. The number of carbonyl (C=O) groups excluding carboxylic acids is 2. The molecule has 1 amide bonds. The average Bonchev–Trinajstić information content (AvgIpc) is 3.13. The highest BCUT2D eigenvalue weighted by Gasteiger charge is 2.46. The second-order valence-corrected chi connectivity index (χ2v) is 8.77. The van der Waals surface area contributed by atoms with Crippen molar-refractivity contribution in [3.05, 3.63) is 65.2 Å². The third-order valence-electron chi connectivity index (χ3n) is 6.28. The molecule has 35 heavy (non-hydrogen) atoms. The number of amides is 1. The lowest BCUT2D eigenvalue weighted by Crippen LogP contribution is -2.38. The molecule has 0 spiro atoms. The Morgan fingerprint density at radius 2 is 1.86 bits per heavy atom. The van der Waals surface area contributed by atoms with Gasteiger partial charge in [0, 0.05) is 31.7 Å². The molecular weight excluding hydrogens is 448 g/mol. The standard InChI is InChI=1S/C27H32N2O6/c1-2-14-35-22-9-4-7-20(18-22)25(31)23-24(19-6-3-8-21(30)17-19)29(27(33)26(23)32)11-5-10-28-12-15-34-16-13-28/h3-4,6-9,17-18,24,30-31H,2,5,10-16H2,1H3/b25-23+. The summed E-state index contributed by atoms with van der Waals surface area (Å²) < 4.78 is 11.1. The second-order valence-electron chi connectivity index (χ2n) is 8.77. The monoisotopic (exact) mass is 480 g/mol. The van der Waals surface area contributed by atoms with Crippen molar-refractivity contribution in [2.45, 2.75) is 25.8 Å². The summed E-state index contributed by atoms with van der Waals surface area (Å²) >= 11 is 0. The first kappa shape index (κ1) is 24.8. The quantitative estimate of drug-likeness (QED) is 0.323. The van der Waals surface area contributed by atoms with Crippen LogP contribution < -0.4 is 4.74 Å². The number of phenols is 1. The highest BCUT2D eigenvalue weighted by atomic mass is 16.5. The number of phenolic OH excluding ortho intramolecular Hbond substituents is 1. The Bertz CT molecular complexity index is 1090. The summed E-state index contributed by atoms with van der Waals surface area (Å²) in [5, 5.41) is 21.3. The summed E-state index contributed by atoms with van der Waals surface area (Å²) in [5.41, 5.74) is 0.977. The molecule has 8 heteroatoms. The summed E-state index contributed by atoms with van der Waals surface area (Å²) in [5.74, 6) is -1.04. The molecule has 1 atom stereocenters. The van der Waals surface area contributed by atoms with Crippen molar-refractivity contribution < 1.29 is 29.3 Å². The first-order valence-electron chi connectivity index (χ1n) is 12.1. The van der Waals surface area contributed by atoms with Crippen LogP contribution in [0.2, 0.25) is 0 Å². The topological polar surface area (TPSA) is 99.5 Å². The van der Waals surface area contributed by atoms with Crippen LogP contribution in [0.5, 0.6) is 11.5 Å². The van der Waals surface area contributed by atoms with Crippen molar-refractivity contribution in [3.8, 4) is 11.5 Å². The van der Waals surface area contributed by atoms with Gasteiger partial charge in [0.05, 0.1) is 31.4 Å². The summed E-state index contributed by atoms with van der Waals surface area (Å²) in [4.78, 5) is 30.1. The van der Waals surface area contributed by atoms with Gasteiger partial charge < -0.3 is 24.6 Å². The van der Waals surface area contributed by atoms with Crippen LogP contribution in [0.4, 0.5) is 0 Å². The van der Waals surface area contributed by atoms with Gasteiger partial charge in [-0.3, -0.25) is 14.5 Å². The molecule has 2 aromatic rings. The molecule has 0 bridgehead atoms. The minimum Gasteiger partial charge on any atom is -0.508 e. The van der Waals surface area contributed by atoms with Crippen molar-refractivity contribution in [3.63, 3.8) is 0 Å². The van der Waals surface area contributed by atoms with Crippen LogP contribution in [-0.2, 0) is 14.3 Å². The number of aliphatic hydroxyl groups is 1. The Kier molecular flexibility index (Phi) is 8.05. The third-order valence-corrected chi connectivity index (χ3v) is 6.28. The Balaban J connectivity index is 1.66. The summed E-state index contributed by atoms with van der Waals surface area (Å²) in [7, 11) is 0. The number of morpholine rings is 1. The van der Waals surface area contributed by atoms with Crippen LogP contribution in [0.25, 0.3) is 5.76 Å². The SMILES string of the molecule is CCCOc1cccc(/C(O)=C2\C(=O)C(=O)N(CCCN3CCOCC3)C2c2cccc(O)c2)c1. The normalized spacial score (nSPS) is 20.4. The number of Topliss-reactive ketones (excluding diaryl/α,β-unsaturated/α-hetero) is 1. The van der Waals surface area contributed by atoms with E-state index in [2.05, 4.69) is 4.90 Å². The fourth-order valence-corrected chi connectivity index (χ4v) is 4.55. The van der Waals surface area contributed by atoms with E-state index >= 15 is 0 Å². The smallest absolute Gasteiger partial charge is 0.295 e. The zero-order valence-corrected chi connectivity index (χ0v) is 20.0. The lowest BCUT2D eigenvalue weighted by Gasteiger charge is -2.29. The largest absolute Gasteiger partial charge is 0.508 e. The molecule has 2 heterocycles. The Hall–Kier alpha value is -3.36. The minimum atomic E-state index is -0.799. The number of ether oxygens (including phenoxy) is 2. The van der Waals surface area contributed by atoms with E-state index in [0.717, 1.165) is 26.1 Å². The number of nitrogens with zero attached hydrogens (tertiary/aromatic N) is 2. The highest BCUT2D eigenvalue weighted by Crippen LogP contribution is 2.40. The Morgan fingerprint density at radius 1 is 1.09 bits per heavy atom. The van der Waals surface area contributed by atoms with Crippen molar-refractivity contribution in [1.29, 1.82) is 0 Å². The molecule has 2 saturated heterocycles. The van der Waals surface area contributed by atoms with E-state index in [1.807, 2.05) is 6.92 Å². The molecule has 0 aliphatic carbocycles. The first-order valence-corrected chi connectivity index (χ1v) is 12.1. The van der Waals surface area contributed by atoms with E-state index in [9.17, 15) is 19.8 Å². The zero-order valence-electron chi connectivity index (χ0n) is 20.0. The minimum absolute atomic E-state index is 0.0135. The molecule has 0 saturated carbocycles. The number of rotatable bonds is 9. The van der Waals surface area contributed by atoms with Crippen molar-refractivity contribution in [2.75, 3.05) is 46.0 Å². The fraction of sp³-hybridized carbons (Fsp3) is 0.407. The number of hydrogen-bond donors (Lipinski definition) is 2. The molecule has 2 N–H and O–H groups in total. The van der Waals surface area contributed by atoms with E-state index in [4.69, 9.17) is 9.47 Å². The van der Waals surface area contributed by atoms with Gasteiger partial charge in [-0.15, -0.1) is 0 Å². The van der Waals surface area contributed by atoms with Gasteiger partial charge in [-0.05, 0) is 42.7 Å². The lowest BCUT2D eigenvalue weighted by atomic mass is 9.95. The lowest BCUT2D eigenvalue weighted by molar-refractivity contribution is -0.140. The second kappa shape index (κ2) is 11.4. The molecule has 0 radical (unpaired) electrons. The van der Waals surface area contributed by atoms with E-state index in [-0.39, 0.29) is 17.1 Å². The maximum absolute atomic E-state index is 13.2. The van der Waals surface area contributed by atoms with E-state index in [0.29, 0.717) is 49.7 Å². The predicted octanol–water partition coefficient (Wildman–Crippen LogP) is 3.33. The van der Waals surface area contributed by atoms with Gasteiger partial charge in [0.15, 0.2) is 0 Å². The number of aromatic hydroxyl groups is 1. The molecule has 186 valence electrons. The maximum Gasteiger partial charge on any atom is 0.295 e. The van der Waals surface area contributed by atoms with E-state index < -0.39 is 17.7 Å². The van der Waals surface area contributed by atoms with Gasteiger partial charge in [-0.25, -0.2) is 0 Å². The van der Waals surface area contributed by atoms with Gasteiger partial charge in [0.1, 0.15) is 17.3 Å². The summed E-state index contributed by atoms with van der Waals surface area (Å²) in [6.45, 7) is 6.70. The van der Waals surface area contributed by atoms with E-state index in [1.165, 1.54) is 17.0 Å². The van der Waals surface area contributed by atoms with Gasteiger partial charge in [-0.2, -0.15) is 0 Å².